The van der Waals surface area contributed by atoms with E-state index in [1.807, 2.05) is 0 Å². The molecule has 0 aromatic heterocycles. The Morgan fingerprint density at radius 3 is 1.31 bits per heavy atom. The van der Waals surface area contributed by atoms with Crippen LogP contribution in [0.15, 0.2) is 0 Å². The van der Waals surface area contributed by atoms with Crippen molar-refractivity contribution in [2.75, 3.05) is 13.2 Å². The zero-order valence-corrected chi connectivity index (χ0v) is 18.9. The number of carbonyl (C=O) groups is 2. The SMILES string of the molecule is CCCCCCCCCCCCCCCCCC(=O)OC(C)=O.OCC(O)CO. The Balaban J connectivity index is 0. The second-order valence-corrected chi connectivity index (χ2v) is 7.68. The van der Waals surface area contributed by atoms with E-state index in [1.165, 1.54) is 90.4 Å². The summed E-state index contributed by atoms with van der Waals surface area (Å²) in [6.07, 6.45) is 19.0. The standard InChI is InChI=1S/C20H38O3.C3H8O3/c1-3-4-5-6-7-8-9-10-11-12-13-14-15-16-17-18-20(22)23-19(2)21;4-1-3(6)2-5/h3-18H2,1-2H3;3-6H,1-2H2. The fourth-order valence-corrected chi connectivity index (χ4v) is 2.91. The van der Waals surface area contributed by atoms with Crippen LogP contribution in [-0.2, 0) is 14.3 Å². The Morgan fingerprint density at radius 2 is 1.03 bits per heavy atom. The highest BCUT2D eigenvalue weighted by Gasteiger charge is 2.04. The first-order valence-electron chi connectivity index (χ1n) is 11.6. The fraction of sp³-hybridized carbons (Fsp3) is 0.913. The van der Waals surface area contributed by atoms with Crippen LogP contribution in [0.2, 0.25) is 0 Å². The lowest BCUT2D eigenvalue weighted by atomic mass is 10.0. The first kappa shape index (κ1) is 30.2. The molecule has 0 aromatic carbocycles. The summed E-state index contributed by atoms with van der Waals surface area (Å²) in [5.74, 6) is -0.886. The number of aliphatic hydroxyl groups is 3. The van der Waals surface area contributed by atoms with Crippen LogP contribution in [-0.4, -0.2) is 46.6 Å². The molecule has 0 amide bonds. The maximum absolute atomic E-state index is 11.1. The van der Waals surface area contributed by atoms with Crippen LogP contribution in [0, 0.1) is 0 Å². The lowest BCUT2D eigenvalue weighted by Gasteiger charge is -2.03. The van der Waals surface area contributed by atoms with Gasteiger partial charge in [-0.3, -0.25) is 9.59 Å². The molecule has 0 radical (unpaired) electrons. The third kappa shape index (κ3) is 29.3. The van der Waals surface area contributed by atoms with Gasteiger partial charge in [-0.1, -0.05) is 96.8 Å². The predicted octanol–water partition coefficient (Wildman–Crippen LogP) is 4.67. The Bertz CT molecular complexity index is 355. The monoisotopic (exact) mass is 418 g/mol. The molecule has 0 aliphatic carbocycles. The van der Waals surface area contributed by atoms with Crippen LogP contribution >= 0.6 is 0 Å². The molecule has 0 unspecified atom stereocenters. The highest BCUT2D eigenvalue weighted by molar-refractivity contribution is 5.83. The van der Waals surface area contributed by atoms with Gasteiger partial charge in [-0.2, -0.15) is 0 Å². The molecule has 0 spiro atoms. The van der Waals surface area contributed by atoms with Gasteiger partial charge >= 0.3 is 11.9 Å². The molecule has 6 heteroatoms. The topological polar surface area (TPSA) is 104 Å². The largest absolute Gasteiger partial charge is 0.394 e. The van der Waals surface area contributed by atoms with Gasteiger partial charge < -0.3 is 20.1 Å². The lowest BCUT2D eigenvalue weighted by Crippen LogP contribution is -2.15. The first-order chi connectivity index (χ1) is 14.0. The molecule has 0 aliphatic rings. The molecule has 0 rings (SSSR count). The van der Waals surface area contributed by atoms with Gasteiger partial charge in [0.1, 0.15) is 6.10 Å². The molecule has 0 fully saturated rings. The van der Waals surface area contributed by atoms with Crippen molar-refractivity contribution < 1.29 is 29.6 Å². The molecule has 174 valence electrons. The summed E-state index contributed by atoms with van der Waals surface area (Å²) in [6, 6.07) is 0. The number of carbonyl (C=O) groups excluding carboxylic acids is 2. The number of hydrogen-bond donors (Lipinski definition) is 3. The summed E-state index contributed by atoms with van der Waals surface area (Å²) in [4.78, 5) is 21.7. The van der Waals surface area contributed by atoms with Gasteiger partial charge in [0.05, 0.1) is 13.2 Å². The molecule has 0 aliphatic heterocycles. The van der Waals surface area contributed by atoms with E-state index in [9.17, 15) is 9.59 Å². The van der Waals surface area contributed by atoms with E-state index in [-0.39, 0.29) is 19.2 Å². The van der Waals surface area contributed by atoms with E-state index in [4.69, 9.17) is 15.3 Å². The second kappa shape index (κ2) is 25.1. The Labute approximate surface area is 178 Å². The molecule has 0 saturated carbocycles. The van der Waals surface area contributed by atoms with Gasteiger partial charge in [-0.25, -0.2) is 0 Å². The molecular weight excluding hydrogens is 372 g/mol. The lowest BCUT2D eigenvalue weighted by molar-refractivity contribution is -0.158. The number of hydrogen-bond acceptors (Lipinski definition) is 6. The predicted molar refractivity (Wildman–Crippen MR) is 116 cm³/mol. The highest BCUT2D eigenvalue weighted by Crippen LogP contribution is 2.13. The van der Waals surface area contributed by atoms with E-state index < -0.39 is 12.1 Å². The van der Waals surface area contributed by atoms with Crippen molar-refractivity contribution >= 4 is 11.9 Å². The molecule has 0 aromatic rings. The number of aliphatic hydroxyl groups excluding tert-OH is 3. The van der Waals surface area contributed by atoms with Crippen molar-refractivity contribution in [2.24, 2.45) is 0 Å². The normalized spacial score (nSPS) is 10.6. The summed E-state index contributed by atoms with van der Waals surface area (Å²) in [5.41, 5.74) is 0. The Kier molecular flexibility index (Phi) is 26.1. The van der Waals surface area contributed by atoms with Crippen molar-refractivity contribution in [1.82, 2.24) is 0 Å². The molecule has 29 heavy (non-hydrogen) atoms. The molecular formula is C23H46O6. The highest BCUT2D eigenvalue weighted by atomic mass is 16.6. The van der Waals surface area contributed by atoms with Crippen LogP contribution < -0.4 is 0 Å². The Morgan fingerprint density at radius 1 is 0.690 bits per heavy atom. The Hall–Kier alpha value is -0.980. The van der Waals surface area contributed by atoms with Crippen LogP contribution in [0.4, 0.5) is 0 Å². The van der Waals surface area contributed by atoms with Gasteiger partial charge in [0.15, 0.2) is 0 Å². The van der Waals surface area contributed by atoms with E-state index in [1.54, 1.807) is 0 Å². The second-order valence-electron chi connectivity index (χ2n) is 7.68. The minimum absolute atomic E-state index is 0.365. The van der Waals surface area contributed by atoms with E-state index in [2.05, 4.69) is 11.7 Å². The van der Waals surface area contributed by atoms with Gasteiger partial charge in [-0.05, 0) is 6.42 Å². The van der Waals surface area contributed by atoms with Crippen LogP contribution in [0.3, 0.4) is 0 Å². The van der Waals surface area contributed by atoms with Crippen LogP contribution in [0.1, 0.15) is 117 Å². The zero-order chi connectivity index (χ0) is 22.2. The summed E-state index contributed by atoms with van der Waals surface area (Å²) >= 11 is 0. The first-order valence-corrected chi connectivity index (χ1v) is 11.6. The van der Waals surface area contributed by atoms with Crippen molar-refractivity contribution in [2.45, 2.75) is 123 Å². The van der Waals surface area contributed by atoms with Gasteiger partial charge in [-0.15, -0.1) is 0 Å². The third-order valence-electron chi connectivity index (χ3n) is 4.66. The van der Waals surface area contributed by atoms with Crippen molar-refractivity contribution in [1.29, 1.82) is 0 Å². The van der Waals surface area contributed by atoms with E-state index >= 15 is 0 Å². The average molecular weight is 419 g/mol. The van der Waals surface area contributed by atoms with Crippen LogP contribution in [0.25, 0.3) is 0 Å². The van der Waals surface area contributed by atoms with E-state index in [0.717, 1.165) is 12.8 Å². The molecule has 3 N–H and O–H groups in total. The maximum Gasteiger partial charge on any atom is 0.313 e. The third-order valence-corrected chi connectivity index (χ3v) is 4.66. The number of ether oxygens (including phenoxy) is 1. The van der Waals surface area contributed by atoms with Crippen LogP contribution in [0.5, 0.6) is 0 Å². The average Bonchev–Trinajstić information content (AvgIpc) is 2.70. The number of rotatable bonds is 18. The van der Waals surface area contributed by atoms with Crippen molar-refractivity contribution in [3.63, 3.8) is 0 Å². The quantitative estimate of drug-likeness (QED) is 0.170. The summed E-state index contributed by atoms with van der Waals surface area (Å²) in [5, 5.41) is 24.0. The summed E-state index contributed by atoms with van der Waals surface area (Å²) in [7, 11) is 0. The number of unbranched alkanes of at least 4 members (excludes halogenated alkanes) is 14. The summed E-state index contributed by atoms with van der Waals surface area (Å²) in [6.45, 7) is 2.81. The van der Waals surface area contributed by atoms with Gasteiger partial charge in [0, 0.05) is 13.3 Å². The minimum Gasteiger partial charge on any atom is -0.394 e. The zero-order valence-electron chi connectivity index (χ0n) is 18.9. The smallest absolute Gasteiger partial charge is 0.313 e. The van der Waals surface area contributed by atoms with Crippen molar-refractivity contribution in [3.05, 3.63) is 0 Å². The van der Waals surface area contributed by atoms with Crippen molar-refractivity contribution in [3.8, 4) is 0 Å². The summed E-state index contributed by atoms with van der Waals surface area (Å²) < 4.78 is 4.49. The number of esters is 2. The molecule has 0 bridgehead atoms. The van der Waals surface area contributed by atoms with E-state index in [0.29, 0.717) is 6.42 Å². The van der Waals surface area contributed by atoms with Gasteiger partial charge in [0.25, 0.3) is 0 Å². The molecule has 0 atom stereocenters. The molecule has 0 saturated heterocycles. The molecule has 6 nitrogen and oxygen atoms in total. The van der Waals surface area contributed by atoms with Gasteiger partial charge in [0.2, 0.25) is 0 Å². The minimum atomic E-state index is -0.954. The molecule has 0 heterocycles. The maximum atomic E-state index is 11.1. The fourth-order valence-electron chi connectivity index (χ4n) is 2.91.